The summed E-state index contributed by atoms with van der Waals surface area (Å²) in [6, 6.07) is 21.9. The van der Waals surface area contributed by atoms with Crippen LogP contribution in [0.2, 0.25) is 0 Å². The molecule has 1 aliphatic carbocycles. The summed E-state index contributed by atoms with van der Waals surface area (Å²) in [5.74, 6) is 0. The van der Waals surface area contributed by atoms with Crippen molar-refractivity contribution < 1.29 is 0 Å². The second-order valence-corrected chi connectivity index (χ2v) is 7.46. The first-order valence-electron chi connectivity index (χ1n) is 9.39. The highest BCUT2D eigenvalue weighted by molar-refractivity contribution is 5.17. The molecule has 2 heteroatoms. The first kappa shape index (κ1) is 15.9. The molecule has 0 N–H and O–H groups in total. The van der Waals surface area contributed by atoms with E-state index in [0.717, 1.165) is 6.54 Å². The predicted octanol–water partition coefficient (Wildman–Crippen LogP) is 3.97. The van der Waals surface area contributed by atoms with Crippen molar-refractivity contribution in [1.29, 1.82) is 0 Å². The molecule has 2 aromatic rings. The fourth-order valence-electron chi connectivity index (χ4n) is 4.11. The van der Waals surface area contributed by atoms with Gasteiger partial charge in [-0.3, -0.25) is 9.80 Å². The van der Waals surface area contributed by atoms with E-state index in [1.54, 1.807) is 0 Å². The summed E-state index contributed by atoms with van der Waals surface area (Å²) in [5.41, 5.74) is 3.46. The molecule has 1 saturated carbocycles. The number of hydrogen-bond acceptors (Lipinski definition) is 2. The van der Waals surface area contributed by atoms with Crippen molar-refractivity contribution in [3.05, 3.63) is 71.8 Å². The first-order chi connectivity index (χ1) is 11.8. The predicted molar refractivity (Wildman–Crippen MR) is 100 cm³/mol. The maximum Gasteiger partial charge on any atom is 0.0234 e. The summed E-state index contributed by atoms with van der Waals surface area (Å²) in [6.07, 6.45) is 5.36. The second-order valence-electron chi connectivity index (χ2n) is 7.46. The molecule has 0 amide bonds. The minimum Gasteiger partial charge on any atom is -0.297 e. The maximum atomic E-state index is 2.79. The van der Waals surface area contributed by atoms with Gasteiger partial charge < -0.3 is 0 Å². The van der Waals surface area contributed by atoms with E-state index in [9.17, 15) is 0 Å². The summed E-state index contributed by atoms with van der Waals surface area (Å²) >= 11 is 0. The van der Waals surface area contributed by atoms with Crippen LogP contribution in [0, 0.1) is 0 Å². The smallest absolute Gasteiger partial charge is 0.0234 e. The third-order valence-electron chi connectivity index (χ3n) is 5.84. The quantitative estimate of drug-likeness (QED) is 0.794. The highest BCUT2D eigenvalue weighted by Gasteiger charge is 2.47. The van der Waals surface area contributed by atoms with Gasteiger partial charge >= 0.3 is 0 Å². The molecule has 4 rings (SSSR count). The fraction of sp³-hybridized carbons (Fsp3) is 0.455. The Morgan fingerprint density at radius 1 is 0.708 bits per heavy atom. The van der Waals surface area contributed by atoms with E-state index in [1.165, 1.54) is 63.0 Å². The monoisotopic (exact) mass is 320 g/mol. The minimum absolute atomic E-state index is 0.522. The van der Waals surface area contributed by atoms with Gasteiger partial charge in [0, 0.05) is 38.3 Å². The zero-order chi connectivity index (χ0) is 16.2. The minimum atomic E-state index is 0.522. The Labute approximate surface area is 146 Å². The van der Waals surface area contributed by atoms with E-state index in [4.69, 9.17) is 0 Å². The lowest BCUT2D eigenvalue weighted by Crippen LogP contribution is -2.51. The molecule has 0 aromatic heterocycles. The topological polar surface area (TPSA) is 6.48 Å². The van der Waals surface area contributed by atoms with Gasteiger partial charge in [-0.05, 0) is 36.8 Å². The van der Waals surface area contributed by atoms with E-state index in [0.29, 0.717) is 5.54 Å². The van der Waals surface area contributed by atoms with E-state index in [2.05, 4.69) is 70.5 Å². The maximum absolute atomic E-state index is 2.79. The van der Waals surface area contributed by atoms with Crippen LogP contribution in [0.4, 0.5) is 0 Å². The summed E-state index contributed by atoms with van der Waals surface area (Å²) in [7, 11) is 0. The van der Waals surface area contributed by atoms with Crippen LogP contribution in [0.1, 0.15) is 30.4 Å². The average Bonchev–Trinajstić information content (AvgIpc) is 3.44. The molecule has 2 aliphatic rings. The Morgan fingerprint density at radius 2 is 1.29 bits per heavy atom. The molecule has 126 valence electrons. The highest BCUT2D eigenvalue weighted by atomic mass is 15.3. The molecule has 24 heavy (non-hydrogen) atoms. The van der Waals surface area contributed by atoms with E-state index in [-0.39, 0.29) is 0 Å². The Bertz CT molecular complexity index is 626. The largest absolute Gasteiger partial charge is 0.297 e. The van der Waals surface area contributed by atoms with Gasteiger partial charge in [-0.1, -0.05) is 60.7 Å². The van der Waals surface area contributed by atoms with Gasteiger partial charge in [0.05, 0.1) is 0 Å². The van der Waals surface area contributed by atoms with Gasteiger partial charge in [0.25, 0.3) is 0 Å². The van der Waals surface area contributed by atoms with Gasteiger partial charge in [-0.15, -0.1) is 0 Å². The zero-order valence-electron chi connectivity index (χ0n) is 14.5. The van der Waals surface area contributed by atoms with Gasteiger partial charge in [-0.25, -0.2) is 0 Å². The highest BCUT2D eigenvalue weighted by Crippen LogP contribution is 2.45. The lowest BCUT2D eigenvalue weighted by Gasteiger charge is -2.40. The Kier molecular flexibility index (Phi) is 4.68. The molecule has 0 atom stereocenters. The SMILES string of the molecule is c1ccc(CCC2(N3CCN(Cc4ccccc4)CC3)CC2)cc1. The van der Waals surface area contributed by atoms with Crippen LogP contribution in [-0.2, 0) is 13.0 Å². The average molecular weight is 320 g/mol. The normalized spacial score (nSPS) is 20.8. The van der Waals surface area contributed by atoms with E-state index in [1.807, 2.05) is 0 Å². The molecule has 1 heterocycles. The van der Waals surface area contributed by atoms with Crippen molar-refractivity contribution in [2.24, 2.45) is 0 Å². The molecule has 1 aliphatic heterocycles. The summed E-state index contributed by atoms with van der Waals surface area (Å²) < 4.78 is 0. The van der Waals surface area contributed by atoms with Crippen molar-refractivity contribution in [2.75, 3.05) is 26.2 Å². The van der Waals surface area contributed by atoms with Gasteiger partial charge in [0.2, 0.25) is 0 Å². The molecular formula is C22H28N2. The van der Waals surface area contributed by atoms with Crippen LogP contribution >= 0.6 is 0 Å². The molecule has 2 nitrogen and oxygen atoms in total. The molecule has 0 bridgehead atoms. The third-order valence-corrected chi connectivity index (χ3v) is 5.84. The van der Waals surface area contributed by atoms with Crippen LogP contribution < -0.4 is 0 Å². The van der Waals surface area contributed by atoms with Crippen molar-refractivity contribution >= 4 is 0 Å². The summed E-state index contributed by atoms with van der Waals surface area (Å²) in [4.78, 5) is 5.40. The summed E-state index contributed by atoms with van der Waals surface area (Å²) in [6.45, 7) is 6.00. The molecular weight excluding hydrogens is 292 g/mol. The third kappa shape index (κ3) is 3.71. The van der Waals surface area contributed by atoms with Gasteiger partial charge in [0.1, 0.15) is 0 Å². The van der Waals surface area contributed by atoms with E-state index < -0.39 is 0 Å². The fourth-order valence-corrected chi connectivity index (χ4v) is 4.11. The number of hydrogen-bond donors (Lipinski definition) is 0. The lowest BCUT2D eigenvalue weighted by molar-refractivity contribution is 0.0768. The number of piperazine rings is 1. The molecule has 2 aromatic carbocycles. The van der Waals surface area contributed by atoms with Crippen molar-refractivity contribution in [2.45, 2.75) is 37.8 Å². The first-order valence-corrected chi connectivity index (χ1v) is 9.39. The Hall–Kier alpha value is -1.64. The number of aryl methyl sites for hydroxylation is 1. The lowest BCUT2D eigenvalue weighted by atomic mass is 10.0. The number of nitrogens with zero attached hydrogens (tertiary/aromatic N) is 2. The standard InChI is InChI=1S/C22H28N2/c1-3-7-20(8-4-1)11-12-22(13-14-22)24-17-15-23(16-18-24)19-21-9-5-2-6-10-21/h1-10H,11-19H2. The number of rotatable bonds is 6. The van der Waals surface area contributed by atoms with Crippen molar-refractivity contribution in [3.63, 3.8) is 0 Å². The molecule has 2 fully saturated rings. The summed E-state index contributed by atoms with van der Waals surface area (Å²) in [5, 5.41) is 0. The Balaban J connectivity index is 1.28. The Morgan fingerprint density at radius 3 is 1.88 bits per heavy atom. The molecule has 1 saturated heterocycles. The molecule has 0 radical (unpaired) electrons. The number of benzene rings is 2. The molecule has 0 unspecified atom stereocenters. The van der Waals surface area contributed by atoms with Crippen LogP contribution in [0.5, 0.6) is 0 Å². The van der Waals surface area contributed by atoms with Crippen LogP contribution in [0.3, 0.4) is 0 Å². The van der Waals surface area contributed by atoms with Crippen molar-refractivity contribution in [1.82, 2.24) is 9.80 Å². The van der Waals surface area contributed by atoms with Crippen LogP contribution in [-0.4, -0.2) is 41.5 Å². The van der Waals surface area contributed by atoms with Crippen molar-refractivity contribution in [3.8, 4) is 0 Å². The van der Waals surface area contributed by atoms with Gasteiger partial charge in [-0.2, -0.15) is 0 Å². The van der Waals surface area contributed by atoms with Crippen LogP contribution in [0.25, 0.3) is 0 Å². The molecule has 0 spiro atoms. The van der Waals surface area contributed by atoms with Crippen LogP contribution in [0.15, 0.2) is 60.7 Å². The second kappa shape index (κ2) is 7.08. The zero-order valence-corrected chi connectivity index (χ0v) is 14.5. The van der Waals surface area contributed by atoms with Gasteiger partial charge in [0.15, 0.2) is 0 Å². The van der Waals surface area contributed by atoms with E-state index >= 15 is 0 Å².